The lowest BCUT2D eigenvalue weighted by molar-refractivity contribution is -0.134. The smallest absolute Gasteiger partial charge is 0.390 e. The fourth-order valence-electron chi connectivity index (χ4n) is 3.83. The minimum absolute atomic E-state index is 0.155. The van der Waals surface area contributed by atoms with Crippen LogP contribution in [0.2, 0.25) is 0 Å². The third kappa shape index (κ3) is 3.66. The van der Waals surface area contributed by atoms with Gasteiger partial charge in [-0.2, -0.15) is 13.2 Å². The number of likely N-dealkylation sites (tertiary alicyclic amines) is 1. The molecule has 3 aromatic rings. The Hall–Kier alpha value is -2.21. The number of fused-ring (bicyclic) bond motifs is 1. The summed E-state index contributed by atoms with van der Waals surface area (Å²) in [5.41, 5.74) is 1.03. The molecular formula is C19H20F3N5O2S. The van der Waals surface area contributed by atoms with Crippen molar-refractivity contribution in [1.29, 1.82) is 0 Å². The van der Waals surface area contributed by atoms with Gasteiger partial charge in [-0.05, 0) is 30.7 Å². The van der Waals surface area contributed by atoms with E-state index in [1.54, 1.807) is 12.1 Å². The SMILES string of the molecule is O[C@H]1CN(C2COC2)CC[C@H]1Nc1ccc2ncc(-c3ccc(C(F)(F)F)s3)n2n1. The molecule has 5 heterocycles. The van der Waals surface area contributed by atoms with Crippen molar-refractivity contribution in [3.8, 4) is 10.6 Å². The van der Waals surface area contributed by atoms with E-state index in [1.807, 2.05) is 0 Å². The van der Waals surface area contributed by atoms with Gasteiger partial charge in [0.2, 0.25) is 0 Å². The maximum Gasteiger partial charge on any atom is 0.425 e. The highest BCUT2D eigenvalue weighted by atomic mass is 32.1. The van der Waals surface area contributed by atoms with Crippen LogP contribution in [0.25, 0.3) is 16.2 Å². The summed E-state index contributed by atoms with van der Waals surface area (Å²) >= 11 is 0.663. The third-order valence-corrected chi connectivity index (χ3v) is 6.74. The number of piperidine rings is 1. The summed E-state index contributed by atoms with van der Waals surface area (Å²) in [6, 6.07) is 6.25. The van der Waals surface area contributed by atoms with Crippen LogP contribution in [-0.4, -0.2) is 69.1 Å². The highest BCUT2D eigenvalue weighted by Crippen LogP contribution is 2.38. The summed E-state index contributed by atoms with van der Waals surface area (Å²) in [5, 5.41) is 18.3. The Morgan fingerprint density at radius 1 is 1.20 bits per heavy atom. The lowest BCUT2D eigenvalue weighted by Crippen LogP contribution is -2.58. The van der Waals surface area contributed by atoms with Crippen LogP contribution in [0.15, 0.2) is 30.5 Å². The van der Waals surface area contributed by atoms with Crippen molar-refractivity contribution in [3.05, 3.63) is 35.3 Å². The number of aromatic nitrogens is 3. The molecule has 2 aliphatic rings. The number of halogens is 3. The van der Waals surface area contributed by atoms with Crippen LogP contribution >= 0.6 is 11.3 Å². The first-order chi connectivity index (χ1) is 14.4. The molecule has 0 spiro atoms. The van der Waals surface area contributed by atoms with Crippen molar-refractivity contribution >= 4 is 22.8 Å². The molecule has 0 amide bonds. The molecule has 2 atom stereocenters. The fourth-order valence-corrected chi connectivity index (χ4v) is 4.69. The number of aliphatic hydroxyl groups excluding tert-OH is 1. The maximum atomic E-state index is 13.0. The van der Waals surface area contributed by atoms with E-state index in [2.05, 4.69) is 20.3 Å². The average molecular weight is 439 g/mol. The number of aliphatic hydroxyl groups is 1. The van der Waals surface area contributed by atoms with Gasteiger partial charge in [-0.1, -0.05) is 0 Å². The monoisotopic (exact) mass is 439 g/mol. The van der Waals surface area contributed by atoms with Crippen LogP contribution in [0, 0.1) is 0 Å². The van der Waals surface area contributed by atoms with Crippen molar-refractivity contribution in [2.75, 3.05) is 31.6 Å². The van der Waals surface area contributed by atoms with Gasteiger partial charge in [0.1, 0.15) is 16.4 Å². The largest absolute Gasteiger partial charge is 0.425 e. The van der Waals surface area contributed by atoms with E-state index in [4.69, 9.17) is 4.74 Å². The van der Waals surface area contributed by atoms with Gasteiger partial charge in [-0.15, -0.1) is 16.4 Å². The molecule has 0 radical (unpaired) electrons. The van der Waals surface area contributed by atoms with Gasteiger partial charge in [0.25, 0.3) is 0 Å². The molecule has 11 heteroatoms. The van der Waals surface area contributed by atoms with E-state index >= 15 is 0 Å². The van der Waals surface area contributed by atoms with E-state index < -0.39 is 17.2 Å². The topological polar surface area (TPSA) is 74.9 Å². The molecule has 0 saturated carbocycles. The molecule has 30 heavy (non-hydrogen) atoms. The summed E-state index contributed by atoms with van der Waals surface area (Å²) in [5.74, 6) is 0.541. The van der Waals surface area contributed by atoms with Gasteiger partial charge in [-0.25, -0.2) is 9.50 Å². The number of hydrogen-bond donors (Lipinski definition) is 2. The Kier molecular flexibility index (Phi) is 4.92. The van der Waals surface area contributed by atoms with Gasteiger partial charge in [-0.3, -0.25) is 4.90 Å². The van der Waals surface area contributed by atoms with Gasteiger partial charge in [0.15, 0.2) is 5.65 Å². The second-order valence-corrected chi connectivity index (χ2v) is 8.67. The maximum absolute atomic E-state index is 13.0. The molecule has 0 unspecified atom stereocenters. The van der Waals surface area contributed by atoms with Crippen molar-refractivity contribution in [1.82, 2.24) is 19.5 Å². The van der Waals surface area contributed by atoms with E-state index in [9.17, 15) is 18.3 Å². The lowest BCUT2D eigenvalue weighted by Gasteiger charge is -2.43. The van der Waals surface area contributed by atoms with E-state index in [-0.39, 0.29) is 6.04 Å². The van der Waals surface area contributed by atoms with E-state index in [0.717, 1.165) is 19.0 Å². The number of nitrogens with one attached hydrogen (secondary N) is 1. The summed E-state index contributed by atoms with van der Waals surface area (Å²) < 4.78 is 45.6. The van der Waals surface area contributed by atoms with Crippen LogP contribution in [-0.2, 0) is 10.9 Å². The zero-order valence-electron chi connectivity index (χ0n) is 15.8. The van der Waals surface area contributed by atoms with Crippen LogP contribution < -0.4 is 5.32 Å². The number of hydrogen-bond acceptors (Lipinski definition) is 7. The molecule has 0 aliphatic carbocycles. The Balaban J connectivity index is 1.35. The molecule has 2 N–H and O–H groups in total. The molecule has 2 saturated heterocycles. The van der Waals surface area contributed by atoms with Crippen LogP contribution in [0.4, 0.5) is 19.0 Å². The molecule has 0 bridgehead atoms. The Morgan fingerprint density at radius 3 is 2.70 bits per heavy atom. The van der Waals surface area contributed by atoms with Crippen LogP contribution in [0.1, 0.15) is 11.3 Å². The van der Waals surface area contributed by atoms with Gasteiger partial charge < -0.3 is 15.2 Å². The number of alkyl halides is 3. The van der Waals surface area contributed by atoms with Crippen molar-refractivity contribution < 1.29 is 23.0 Å². The van der Waals surface area contributed by atoms with Gasteiger partial charge in [0, 0.05) is 13.1 Å². The Morgan fingerprint density at radius 2 is 2.03 bits per heavy atom. The number of anilines is 1. The second kappa shape index (κ2) is 7.49. The molecule has 0 aromatic carbocycles. The van der Waals surface area contributed by atoms with E-state index in [1.165, 1.54) is 16.8 Å². The van der Waals surface area contributed by atoms with Crippen LogP contribution in [0.5, 0.6) is 0 Å². The number of thiophene rings is 1. The summed E-state index contributed by atoms with van der Waals surface area (Å²) in [6.07, 6.45) is -2.65. The first kappa shape index (κ1) is 19.7. The molecule has 160 valence electrons. The Bertz CT molecular complexity index is 1050. The molecule has 2 fully saturated rings. The third-order valence-electron chi connectivity index (χ3n) is 5.58. The zero-order chi connectivity index (χ0) is 20.9. The predicted molar refractivity (Wildman–Crippen MR) is 106 cm³/mol. The fraction of sp³-hybridized carbons (Fsp3) is 0.474. The van der Waals surface area contributed by atoms with Gasteiger partial charge in [0.05, 0.1) is 42.5 Å². The summed E-state index contributed by atoms with van der Waals surface area (Å²) in [7, 11) is 0. The quantitative estimate of drug-likeness (QED) is 0.651. The molecule has 7 nitrogen and oxygen atoms in total. The number of β-amino-alcohol motifs (C(OH)–C–C–N with tert-alkyl or cyclic N) is 1. The summed E-state index contributed by atoms with van der Waals surface area (Å²) in [4.78, 5) is 6.27. The zero-order valence-corrected chi connectivity index (χ0v) is 16.7. The molecular weight excluding hydrogens is 419 g/mol. The van der Waals surface area contributed by atoms with Crippen molar-refractivity contribution in [2.45, 2.75) is 30.8 Å². The normalized spacial score (nSPS) is 23.6. The number of rotatable bonds is 4. The predicted octanol–water partition coefficient (Wildman–Crippen LogP) is 2.72. The average Bonchev–Trinajstić information content (AvgIpc) is 3.28. The lowest BCUT2D eigenvalue weighted by atomic mass is 9.99. The van der Waals surface area contributed by atoms with Crippen molar-refractivity contribution in [2.24, 2.45) is 0 Å². The minimum atomic E-state index is -4.37. The molecule has 5 rings (SSSR count). The highest BCUT2D eigenvalue weighted by Gasteiger charge is 2.35. The van der Waals surface area contributed by atoms with Gasteiger partial charge >= 0.3 is 6.18 Å². The number of ether oxygens (including phenoxy) is 1. The van der Waals surface area contributed by atoms with Crippen LogP contribution in [0.3, 0.4) is 0 Å². The highest BCUT2D eigenvalue weighted by molar-refractivity contribution is 7.15. The minimum Gasteiger partial charge on any atom is -0.390 e. The second-order valence-electron chi connectivity index (χ2n) is 7.59. The standard InChI is InChI=1S/C19H20F3N5O2S/c20-19(21,22)16-2-1-15(30-16)13-7-23-18-4-3-17(25-27(13)18)24-12-5-6-26(8-14(12)28)11-9-29-10-11/h1-4,7,11-12,14,28H,5-6,8-10H2,(H,24,25)/t12-,14+/m1/s1. The molecule has 2 aliphatic heterocycles. The number of nitrogens with zero attached hydrogens (tertiary/aromatic N) is 4. The summed E-state index contributed by atoms with van der Waals surface area (Å²) in [6.45, 7) is 2.85. The first-order valence-electron chi connectivity index (χ1n) is 9.67. The first-order valence-corrected chi connectivity index (χ1v) is 10.5. The number of imidazole rings is 1. The molecule has 3 aromatic heterocycles. The van der Waals surface area contributed by atoms with Crippen molar-refractivity contribution in [3.63, 3.8) is 0 Å². The Labute approximate surface area is 174 Å². The van der Waals surface area contributed by atoms with E-state index in [0.29, 0.717) is 59.2 Å².